The lowest BCUT2D eigenvalue weighted by molar-refractivity contribution is -0.132. The van der Waals surface area contributed by atoms with Gasteiger partial charge in [0.2, 0.25) is 5.91 Å². The van der Waals surface area contributed by atoms with Crippen LogP contribution in [-0.4, -0.2) is 59.1 Å². The number of rotatable bonds is 4. The van der Waals surface area contributed by atoms with Crippen molar-refractivity contribution in [2.45, 2.75) is 44.4 Å². The predicted molar refractivity (Wildman–Crippen MR) is 86.7 cm³/mol. The van der Waals surface area contributed by atoms with Crippen molar-refractivity contribution in [2.75, 3.05) is 26.2 Å². The van der Waals surface area contributed by atoms with Crippen LogP contribution in [0.3, 0.4) is 0 Å². The Bertz CT molecular complexity index is 530. The highest BCUT2D eigenvalue weighted by Crippen LogP contribution is 2.35. The van der Waals surface area contributed by atoms with E-state index < -0.39 is 0 Å². The number of ether oxygens (including phenoxy) is 1. The number of likely N-dealkylation sites (tertiary alicyclic amines) is 2. The second-order valence-corrected chi connectivity index (χ2v) is 7.10. The first-order valence-electron chi connectivity index (χ1n) is 8.83. The third-order valence-electron chi connectivity index (χ3n) is 5.36. The molecule has 0 N–H and O–H groups in total. The third kappa shape index (κ3) is 3.40. The van der Waals surface area contributed by atoms with Gasteiger partial charge in [0.1, 0.15) is 0 Å². The van der Waals surface area contributed by atoms with E-state index in [2.05, 4.69) is 16.0 Å². The van der Waals surface area contributed by atoms with Crippen LogP contribution in [0, 0.1) is 5.92 Å². The smallest absolute Gasteiger partial charge is 0.225 e. The molecular formula is C18H25N3O2. The van der Waals surface area contributed by atoms with Gasteiger partial charge in [-0.05, 0) is 31.4 Å². The van der Waals surface area contributed by atoms with Crippen molar-refractivity contribution in [2.24, 2.45) is 5.92 Å². The molecule has 1 aromatic rings. The SMILES string of the molecule is O=C(C[C@H]1C[C@H]2CN(Cc3ccccn3)C[C@H]2O1)N1CCCC1. The third-order valence-corrected chi connectivity index (χ3v) is 5.36. The summed E-state index contributed by atoms with van der Waals surface area (Å²) in [4.78, 5) is 21.1. The van der Waals surface area contributed by atoms with Crippen molar-refractivity contribution in [3.05, 3.63) is 30.1 Å². The fraction of sp³-hybridized carbons (Fsp3) is 0.667. The van der Waals surface area contributed by atoms with Gasteiger partial charge >= 0.3 is 0 Å². The lowest BCUT2D eigenvalue weighted by Crippen LogP contribution is -2.32. The number of pyridine rings is 1. The first kappa shape index (κ1) is 15.1. The molecule has 5 heteroatoms. The Labute approximate surface area is 137 Å². The molecular weight excluding hydrogens is 290 g/mol. The van der Waals surface area contributed by atoms with Gasteiger partial charge in [0.15, 0.2) is 0 Å². The van der Waals surface area contributed by atoms with E-state index in [9.17, 15) is 4.79 Å². The topological polar surface area (TPSA) is 45.7 Å². The number of carbonyl (C=O) groups excluding carboxylic acids is 1. The van der Waals surface area contributed by atoms with Crippen LogP contribution >= 0.6 is 0 Å². The molecule has 3 atom stereocenters. The standard InChI is InChI=1S/C18H25N3O2/c22-18(21-7-3-4-8-21)10-16-9-14-11-20(13-17(14)23-16)12-15-5-1-2-6-19-15/h1-2,5-6,14,16-17H,3-4,7-13H2/t14-,16+,17+/m0/s1. The molecule has 0 saturated carbocycles. The van der Waals surface area contributed by atoms with Gasteiger partial charge in [0, 0.05) is 44.8 Å². The molecule has 124 valence electrons. The minimum atomic E-state index is 0.134. The Hall–Kier alpha value is -1.46. The van der Waals surface area contributed by atoms with E-state index in [1.165, 1.54) is 0 Å². The summed E-state index contributed by atoms with van der Waals surface area (Å²) >= 11 is 0. The van der Waals surface area contributed by atoms with Crippen LogP contribution in [0.5, 0.6) is 0 Å². The van der Waals surface area contributed by atoms with Crippen molar-refractivity contribution in [3.8, 4) is 0 Å². The number of amides is 1. The molecule has 0 spiro atoms. The maximum absolute atomic E-state index is 12.3. The molecule has 23 heavy (non-hydrogen) atoms. The summed E-state index contributed by atoms with van der Waals surface area (Å²) in [6.07, 6.45) is 6.21. The van der Waals surface area contributed by atoms with E-state index in [4.69, 9.17) is 4.74 Å². The highest BCUT2D eigenvalue weighted by molar-refractivity contribution is 5.77. The molecule has 3 saturated heterocycles. The zero-order valence-corrected chi connectivity index (χ0v) is 13.6. The van der Waals surface area contributed by atoms with Gasteiger partial charge < -0.3 is 9.64 Å². The quantitative estimate of drug-likeness (QED) is 0.848. The molecule has 1 amide bonds. The summed E-state index contributed by atoms with van der Waals surface area (Å²) < 4.78 is 6.17. The Morgan fingerprint density at radius 1 is 1.26 bits per heavy atom. The summed E-state index contributed by atoms with van der Waals surface area (Å²) in [5, 5.41) is 0. The van der Waals surface area contributed by atoms with Gasteiger partial charge in [0.05, 0.1) is 24.3 Å². The van der Waals surface area contributed by atoms with E-state index >= 15 is 0 Å². The van der Waals surface area contributed by atoms with Crippen molar-refractivity contribution in [1.29, 1.82) is 0 Å². The molecule has 4 heterocycles. The van der Waals surface area contributed by atoms with Crippen molar-refractivity contribution >= 4 is 5.91 Å². The lowest BCUT2D eigenvalue weighted by Gasteiger charge is -2.20. The summed E-state index contributed by atoms with van der Waals surface area (Å²) in [6.45, 7) is 4.81. The molecule has 4 rings (SSSR count). The van der Waals surface area contributed by atoms with Crippen LogP contribution < -0.4 is 0 Å². The molecule has 5 nitrogen and oxygen atoms in total. The van der Waals surface area contributed by atoms with E-state index in [-0.39, 0.29) is 12.0 Å². The number of hydrogen-bond acceptors (Lipinski definition) is 4. The van der Waals surface area contributed by atoms with Gasteiger partial charge in [-0.25, -0.2) is 0 Å². The Balaban J connectivity index is 1.26. The van der Waals surface area contributed by atoms with Crippen molar-refractivity contribution in [1.82, 2.24) is 14.8 Å². The second kappa shape index (κ2) is 6.57. The molecule has 0 aromatic carbocycles. The molecule has 1 aromatic heterocycles. The van der Waals surface area contributed by atoms with Crippen LogP contribution in [0.1, 0.15) is 31.4 Å². The fourth-order valence-electron chi connectivity index (χ4n) is 4.22. The zero-order chi connectivity index (χ0) is 15.6. The number of aromatic nitrogens is 1. The Kier molecular flexibility index (Phi) is 4.31. The highest BCUT2D eigenvalue weighted by Gasteiger charge is 2.42. The molecule has 0 unspecified atom stereocenters. The van der Waals surface area contributed by atoms with Crippen LogP contribution in [0.25, 0.3) is 0 Å². The van der Waals surface area contributed by atoms with Crippen LogP contribution in [0.4, 0.5) is 0 Å². The summed E-state index contributed by atoms with van der Waals surface area (Å²) in [6, 6.07) is 6.06. The van der Waals surface area contributed by atoms with Crippen molar-refractivity contribution in [3.63, 3.8) is 0 Å². The lowest BCUT2D eigenvalue weighted by atomic mass is 10.0. The maximum atomic E-state index is 12.3. The molecule has 3 aliphatic rings. The van der Waals surface area contributed by atoms with Gasteiger partial charge in [-0.3, -0.25) is 14.7 Å². The predicted octanol–water partition coefficient (Wildman–Crippen LogP) is 1.68. The molecule has 0 bridgehead atoms. The number of carbonyl (C=O) groups is 1. The first-order chi connectivity index (χ1) is 11.3. The van der Waals surface area contributed by atoms with Crippen LogP contribution in [0.15, 0.2) is 24.4 Å². The summed E-state index contributed by atoms with van der Waals surface area (Å²) in [5.74, 6) is 0.868. The summed E-state index contributed by atoms with van der Waals surface area (Å²) in [7, 11) is 0. The zero-order valence-electron chi connectivity index (χ0n) is 13.6. The molecule has 0 radical (unpaired) electrons. The second-order valence-electron chi connectivity index (χ2n) is 7.10. The Morgan fingerprint density at radius 2 is 2.13 bits per heavy atom. The monoisotopic (exact) mass is 315 g/mol. The number of nitrogens with zero attached hydrogens (tertiary/aromatic N) is 3. The minimum absolute atomic E-state index is 0.134. The normalized spacial score (nSPS) is 30.8. The average Bonchev–Trinajstić information content (AvgIpc) is 3.24. The molecule has 3 aliphatic heterocycles. The number of fused-ring (bicyclic) bond motifs is 1. The van der Waals surface area contributed by atoms with E-state index in [1.54, 1.807) is 0 Å². The van der Waals surface area contributed by atoms with Crippen molar-refractivity contribution < 1.29 is 9.53 Å². The highest BCUT2D eigenvalue weighted by atomic mass is 16.5. The molecule has 0 aliphatic carbocycles. The first-order valence-corrected chi connectivity index (χ1v) is 8.83. The summed E-state index contributed by atoms with van der Waals surface area (Å²) in [5.41, 5.74) is 1.12. The maximum Gasteiger partial charge on any atom is 0.225 e. The molecule has 3 fully saturated rings. The van der Waals surface area contributed by atoms with Gasteiger partial charge in [-0.1, -0.05) is 6.07 Å². The van der Waals surface area contributed by atoms with Gasteiger partial charge in [-0.15, -0.1) is 0 Å². The average molecular weight is 315 g/mol. The van der Waals surface area contributed by atoms with Crippen LogP contribution in [-0.2, 0) is 16.1 Å². The van der Waals surface area contributed by atoms with Gasteiger partial charge in [0.25, 0.3) is 0 Å². The number of hydrogen-bond donors (Lipinski definition) is 0. The van der Waals surface area contributed by atoms with E-state index in [1.807, 2.05) is 23.2 Å². The van der Waals surface area contributed by atoms with Gasteiger partial charge in [-0.2, -0.15) is 0 Å². The van der Waals surface area contributed by atoms with E-state index in [0.29, 0.717) is 18.4 Å². The fourth-order valence-corrected chi connectivity index (χ4v) is 4.22. The Morgan fingerprint density at radius 3 is 2.87 bits per heavy atom. The largest absolute Gasteiger partial charge is 0.373 e. The van der Waals surface area contributed by atoms with E-state index in [0.717, 1.165) is 57.7 Å². The van der Waals surface area contributed by atoms with Crippen LogP contribution in [0.2, 0.25) is 0 Å². The minimum Gasteiger partial charge on any atom is -0.373 e.